The van der Waals surface area contributed by atoms with Crippen LogP contribution in [0.4, 0.5) is 0 Å². The number of halogens is 1. The SMILES string of the molecule is O=CC1OC(O)c2c(Cl)cccc21. The molecular weight excluding hydrogens is 192 g/mol. The highest BCUT2D eigenvalue weighted by atomic mass is 35.5. The Hall–Kier alpha value is -0.900. The summed E-state index contributed by atoms with van der Waals surface area (Å²) in [6.07, 6.45) is -1.13. The van der Waals surface area contributed by atoms with E-state index in [-0.39, 0.29) is 0 Å². The summed E-state index contributed by atoms with van der Waals surface area (Å²) < 4.78 is 4.96. The zero-order chi connectivity index (χ0) is 9.42. The first kappa shape index (κ1) is 8.69. The van der Waals surface area contributed by atoms with E-state index in [9.17, 15) is 9.90 Å². The van der Waals surface area contributed by atoms with Crippen molar-refractivity contribution in [1.29, 1.82) is 0 Å². The van der Waals surface area contributed by atoms with Crippen molar-refractivity contribution in [2.45, 2.75) is 12.4 Å². The van der Waals surface area contributed by atoms with Crippen molar-refractivity contribution < 1.29 is 14.6 Å². The summed E-state index contributed by atoms with van der Waals surface area (Å²) in [5.74, 6) is 0. The van der Waals surface area contributed by atoms with Gasteiger partial charge in [-0.15, -0.1) is 0 Å². The second-order valence-corrected chi connectivity index (χ2v) is 3.20. The van der Waals surface area contributed by atoms with Crippen molar-refractivity contribution in [3.63, 3.8) is 0 Å². The fraction of sp³-hybridized carbons (Fsp3) is 0.222. The molecule has 4 heteroatoms. The largest absolute Gasteiger partial charge is 0.364 e. The Labute approximate surface area is 79.9 Å². The molecule has 0 spiro atoms. The van der Waals surface area contributed by atoms with Gasteiger partial charge in [-0.3, -0.25) is 0 Å². The Morgan fingerprint density at radius 3 is 3.00 bits per heavy atom. The van der Waals surface area contributed by atoms with Crippen molar-refractivity contribution in [2.75, 3.05) is 0 Å². The zero-order valence-corrected chi connectivity index (χ0v) is 7.36. The van der Waals surface area contributed by atoms with E-state index in [2.05, 4.69) is 0 Å². The van der Waals surface area contributed by atoms with Crippen LogP contribution in [-0.4, -0.2) is 11.4 Å². The lowest BCUT2D eigenvalue weighted by Gasteiger charge is -2.03. The number of aldehydes is 1. The van der Waals surface area contributed by atoms with Gasteiger partial charge in [-0.1, -0.05) is 23.7 Å². The average molecular weight is 199 g/mol. The maximum Gasteiger partial charge on any atom is 0.184 e. The summed E-state index contributed by atoms with van der Waals surface area (Å²) in [5, 5.41) is 9.82. The number of carbonyl (C=O) groups excluding carboxylic acids is 1. The van der Waals surface area contributed by atoms with E-state index in [1.807, 2.05) is 0 Å². The second kappa shape index (κ2) is 3.10. The third-order valence-corrected chi connectivity index (χ3v) is 2.37. The molecule has 3 nitrogen and oxygen atoms in total. The number of ether oxygens (including phenoxy) is 1. The minimum absolute atomic E-state index is 0.425. The van der Waals surface area contributed by atoms with E-state index in [0.717, 1.165) is 0 Å². The van der Waals surface area contributed by atoms with Gasteiger partial charge in [0, 0.05) is 10.6 Å². The number of carbonyl (C=O) groups is 1. The lowest BCUT2D eigenvalue weighted by Crippen LogP contribution is -1.97. The van der Waals surface area contributed by atoms with Crippen LogP contribution in [0, 0.1) is 0 Å². The molecule has 1 heterocycles. The summed E-state index contributed by atoms with van der Waals surface area (Å²) in [5.41, 5.74) is 1.15. The van der Waals surface area contributed by atoms with Crippen LogP contribution in [0.15, 0.2) is 18.2 Å². The van der Waals surface area contributed by atoms with Crippen LogP contribution in [0.1, 0.15) is 23.5 Å². The van der Waals surface area contributed by atoms with Crippen LogP contribution in [-0.2, 0) is 9.53 Å². The first-order chi connectivity index (χ1) is 6.24. The third kappa shape index (κ3) is 1.25. The van der Waals surface area contributed by atoms with Gasteiger partial charge in [0.1, 0.15) is 6.10 Å². The monoisotopic (exact) mass is 198 g/mol. The van der Waals surface area contributed by atoms with Crippen molar-refractivity contribution in [3.05, 3.63) is 34.3 Å². The number of hydrogen-bond acceptors (Lipinski definition) is 3. The summed E-state index contributed by atoms with van der Waals surface area (Å²) >= 11 is 5.83. The van der Waals surface area contributed by atoms with E-state index < -0.39 is 12.4 Å². The molecule has 2 unspecified atom stereocenters. The molecule has 0 saturated carbocycles. The van der Waals surface area contributed by atoms with E-state index in [1.54, 1.807) is 18.2 Å². The lowest BCUT2D eigenvalue weighted by atomic mass is 10.1. The molecule has 2 rings (SSSR count). The standard InChI is InChI=1S/C9H7ClO3/c10-6-3-1-2-5-7(4-11)13-9(12)8(5)6/h1-4,7,9,12H. The Morgan fingerprint density at radius 2 is 2.31 bits per heavy atom. The maximum absolute atomic E-state index is 10.5. The Morgan fingerprint density at radius 1 is 1.54 bits per heavy atom. The highest BCUT2D eigenvalue weighted by molar-refractivity contribution is 6.31. The average Bonchev–Trinajstić information content (AvgIpc) is 2.44. The molecule has 1 aromatic carbocycles. The molecule has 13 heavy (non-hydrogen) atoms. The van der Waals surface area contributed by atoms with Gasteiger partial charge in [0.25, 0.3) is 0 Å². The predicted octanol–water partition coefficient (Wildman–Crippen LogP) is 1.60. The van der Waals surface area contributed by atoms with Crippen molar-refractivity contribution in [2.24, 2.45) is 0 Å². The molecule has 0 bridgehead atoms. The second-order valence-electron chi connectivity index (χ2n) is 2.79. The van der Waals surface area contributed by atoms with E-state index in [4.69, 9.17) is 16.3 Å². The highest BCUT2D eigenvalue weighted by Gasteiger charge is 2.31. The topological polar surface area (TPSA) is 46.5 Å². The Bertz CT molecular complexity index is 351. The molecule has 0 radical (unpaired) electrons. The molecule has 1 aromatic rings. The molecule has 68 valence electrons. The molecule has 0 amide bonds. The van der Waals surface area contributed by atoms with Crippen LogP contribution in [0.25, 0.3) is 0 Å². The number of aliphatic hydroxyl groups is 1. The van der Waals surface area contributed by atoms with Gasteiger partial charge in [0.05, 0.1) is 0 Å². The number of fused-ring (bicyclic) bond motifs is 1. The van der Waals surface area contributed by atoms with E-state index in [1.165, 1.54) is 0 Å². The number of hydrogen-bond donors (Lipinski definition) is 1. The lowest BCUT2D eigenvalue weighted by molar-refractivity contribution is -0.141. The molecule has 1 N–H and O–H groups in total. The van der Waals surface area contributed by atoms with Crippen LogP contribution in [0.2, 0.25) is 5.02 Å². The minimum Gasteiger partial charge on any atom is -0.364 e. The van der Waals surface area contributed by atoms with Gasteiger partial charge in [-0.2, -0.15) is 0 Å². The molecule has 0 saturated heterocycles. The first-order valence-electron chi connectivity index (χ1n) is 3.81. The zero-order valence-electron chi connectivity index (χ0n) is 6.61. The summed E-state index contributed by atoms with van der Waals surface area (Å²) in [4.78, 5) is 10.5. The molecule has 0 fully saturated rings. The van der Waals surface area contributed by atoms with Gasteiger partial charge >= 0.3 is 0 Å². The van der Waals surface area contributed by atoms with E-state index >= 15 is 0 Å². The van der Waals surface area contributed by atoms with Gasteiger partial charge in [-0.25, -0.2) is 0 Å². The summed E-state index contributed by atoms with van der Waals surface area (Å²) in [6.45, 7) is 0. The molecule has 0 aliphatic carbocycles. The summed E-state index contributed by atoms with van der Waals surface area (Å²) in [6, 6.07) is 5.09. The molecule has 2 atom stereocenters. The van der Waals surface area contributed by atoms with Crippen molar-refractivity contribution in [1.82, 2.24) is 0 Å². The van der Waals surface area contributed by atoms with Crippen LogP contribution >= 0.6 is 11.6 Å². The van der Waals surface area contributed by atoms with Crippen LogP contribution in [0.3, 0.4) is 0 Å². The van der Waals surface area contributed by atoms with E-state index in [0.29, 0.717) is 22.4 Å². The van der Waals surface area contributed by atoms with Gasteiger partial charge in [0.2, 0.25) is 0 Å². The minimum atomic E-state index is -1.08. The van der Waals surface area contributed by atoms with Crippen LogP contribution < -0.4 is 0 Å². The quantitative estimate of drug-likeness (QED) is 0.698. The number of benzene rings is 1. The summed E-state index contributed by atoms with van der Waals surface area (Å²) in [7, 11) is 0. The fourth-order valence-electron chi connectivity index (χ4n) is 1.45. The molecule has 1 aliphatic rings. The third-order valence-electron chi connectivity index (χ3n) is 2.04. The molecule has 1 aliphatic heterocycles. The van der Waals surface area contributed by atoms with Gasteiger partial charge in [0.15, 0.2) is 12.6 Å². The number of aliphatic hydroxyl groups excluding tert-OH is 1. The molecule has 0 aromatic heterocycles. The normalized spacial score (nSPS) is 25.7. The Balaban J connectivity index is 2.57. The highest BCUT2D eigenvalue weighted by Crippen LogP contribution is 2.40. The van der Waals surface area contributed by atoms with Gasteiger partial charge < -0.3 is 14.6 Å². The first-order valence-corrected chi connectivity index (χ1v) is 4.19. The number of rotatable bonds is 1. The van der Waals surface area contributed by atoms with Crippen molar-refractivity contribution >= 4 is 17.9 Å². The van der Waals surface area contributed by atoms with Crippen LogP contribution in [0.5, 0.6) is 0 Å². The Kier molecular flexibility index (Phi) is 2.07. The van der Waals surface area contributed by atoms with Crippen molar-refractivity contribution in [3.8, 4) is 0 Å². The predicted molar refractivity (Wildman–Crippen MR) is 46.3 cm³/mol. The maximum atomic E-state index is 10.5. The molecular formula is C9H7ClO3. The fourth-order valence-corrected chi connectivity index (χ4v) is 1.72. The van der Waals surface area contributed by atoms with Gasteiger partial charge in [-0.05, 0) is 11.6 Å². The smallest absolute Gasteiger partial charge is 0.184 e.